The fraction of sp³-hybridized carbons (Fsp3) is 0.526. The Bertz CT molecular complexity index is 588. The highest BCUT2D eigenvalue weighted by molar-refractivity contribution is 5.14. The maximum atomic E-state index is 10.5. The van der Waals surface area contributed by atoms with Gasteiger partial charge in [-0.15, -0.1) is 0 Å². The number of piperidine rings is 1. The molecule has 1 aromatic heterocycles. The van der Waals surface area contributed by atoms with E-state index in [-0.39, 0.29) is 6.10 Å². The lowest BCUT2D eigenvalue weighted by Crippen LogP contribution is -2.37. The minimum absolute atomic E-state index is 0.190. The Hall–Kier alpha value is -1.65. The lowest BCUT2D eigenvalue weighted by Gasteiger charge is -2.33. The SMILES string of the molecule is Cc1cc(CN2CCC([C@H](O)CCc3ccccc3)CC2)on1. The molecule has 4 nitrogen and oxygen atoms in total. The highest BCUT2D eigenvalue weighted by Gasteiger charge is 2.25. The van der Waals surface area contributed by atoms with Gasteiger partial charge in [-0.1, -0.05) is 35.5 Å². The molecule has 1 saturated heterocycles. The zero-order valence-corrected chi connectivity index (χ0v) is 13.8. The van der Waals surface area contributed by atoms with Gasteiger partial charge in [-0.3, -0.25) is 4.90 Å². The largest absolute Gasteiger partial charge is 0.393 e. The number of rotatable bonds is 6. The summed E-state index contributed by atoms with van der Waals surface area (Å²) in [6, 6.07) is 12.4. The highest BCUT2D eigenvalue weighted by Crippen LogP contribution is 2.24. The number of likely N-dealkylation sites (tertiary alicyclic amines) is 1. The van der Waals surface area contributed by atoms with Gasteiger partial charge in [-0.2, -0.15) is 0 Å². The lowest BCUT2D eigenvalue weighted by atomic mass is 9.88. The first-order valence-corrected chi connectivity index (χ1v) is 8.57. The van der Waals surface area contributed by atoms with E-state index < -0.39 is 0 Å². The number of aryl methyl sites for hydroxylation is 2. The Morgan fingerprint density at radius 3 is 2.65 bits per heavy atom. The van der Waals surface area contributed by atoms with Gasteiger partial charge in [0, 0.05) is 6.07 Å². The first-order chi connectivity index (χ1) is 11.2. The average molecular weight is 314 g/mol. The third-order valence-corrected chi connectivity index (χ3v) is 4.80. The van der Waals surface area contributed by atoms with E-state index in [1.165, 1.54) is 5.56 Å². The summed E-state index contributed by atoms with van der Waals surface area (Å²) in [5.74, 6) is 1.36. The second-order valence-electron chi connectivity index (χ2n) is 6.64. The Kier molecular flexibility index (Phi) is 5.47. The second-order valence-corrected chi connectivity index (χ2v) is 6.64. The smallest absolute Gasteiger partial charge is 0.150 e. The van der Waals surface area contributed by atoms with Crippen LogP contribution in [0, 0.1) is 12.8 Å². The van der Waals surface area contributed by atoms with Crippen LogP contribution >= 0.6 is 0 Å². The zero-order valence-electron chi connectivity index (χ0n) is 13.8. The Morgan fingerprint density at radius 2 is 2.00 bits per heavy atom. The molecule has 1 aliphatic rings. The molecule has 2 aromatic rings. The summed E-state index contributed by atoms with van der Waals surface area (Å²) in [6.07, 6.45) is 3.74. The van der Waals surface area contributed by atoms with E-state index in [4.69, 9.17) is 4.52 Å². The van der Waals surface area contributed by atoms with Gasteiger partial charge in [0.1, 0.15) is 0 Å². The van der Waals surface area contributed by atoms with Gasteiger partial charge in [0.05, 0.1) is 18.3 Å². The van der Waals surface area contributed by atoms with Gasteiger partial charge in [-0.25, -0.2) is 0 Å². The van der Waals surface area contributed by atoms with Crippen LogP contribution in [0.1, 0.15) is 36.3 Å². The van der Waals surface area contributed by atoms with Gasteiger partial charge in [-0.05, 0) is 57.2 Å². The average Bonchev–Trinajstić information content (AvgIpc) is 2.99. The fourth-order valence-electron chi connectivity index (χ4n) is 3.40. The maximum Gasteiger partial charge on any atom is 0.150 e. The van der Waals surface area contributed by atoms with Crippen molar-refractivity contribution in [3.63, 3.8) is 0 Å². The first-order valence-electron chi connectivity index (χ1n) is 8.57. The molecule has 1 fully saturated rings. The molecule has 23 heavy (non-hydrogen) atoms. The Balaban J connectivity index is 1.41. The van der Waals surface area contributed by atoms with E-state index in [2.05, 4.69) is 34.3 Å². The predicted molar refractivity (Wildman–Crippen MR) is 90.0 cm³/mol. The minimum Gasteiger partial charge on any atom is -0.393 e. The van der Waals surface area contributed by atoms with E-state index in [1.807, 2.05) is 19.1 Å². The van der Waals surface area contributed by atoms with Crippen molar-refractivity contribution < 1.29 is 9.63 Å². The van der Waals surface area contributed by atoms with Gasteiger partial charge in [0.15, 0.2) is 5.76 Å². The van der Waals surface area contributed by atoms with E-state index in [1.54, 1.807) is 0 Å². The monoisotopic (exact) mass is 314 g/mol. The number of nitrogens with zero attached hydrogens (tertiary/aromatic N) is 2. The van der Waals surface area contributed by atoms with Crippen LogP contribution in [-0.2, 0) is 13.0 Å². The fourth-order valence-corrected chi connectivity index (χ4v) is 3.40. The van der Waals surface area contributed by atoms with Crippen molar-refractivity contribution in [1.29, 1.82) is 0 Å². The zero-order chi connectivity index (χ0) is 16.1. The van der Waals surface area contributed by atoms with E-state index in [0.29, 0.717) is 5.92 Å². The van der Waals surface area contributed by atoms with Crippen molar-refractivity contribution in [3.8, 4) is 0 Å². The van der Waals surface area contributed by atoms with Crippen LogP contribution in [0.3, 0.4) is 0 Å². The molecule has 1 N–H and O–H groups in total. The minimum atomic E-state index is -0.190. The molecule has 0 saturated carbocycles. The van der Waals surface area contributed by atoms with Crippen LogP contribution in [0.25, 0.3) is 0 Å². The molecular formula is C19H26N2O2. The molecule has 1 atom stereocenters. The van der Waals surface area contributed by atoms with Crippen molar-refractivity contribution in [2.75, 3.05) is 13.1 Å². The van der Waals surface area contributed by atoms with Crippen molar-refractivity contribution >= 4 is 0 Å². The number of aliphatic hydroxyl groups is 1. The summed E-state index contributed by atoms with van der Waals surface area (Å²) in [6.45, 7) is 4.82. The molecule has 4 heteroatoms. The summed E-state index contributed by atoms with van der Waals surface area (Å²) in [7, 11) is 0. The molecule has 1 aromatic carbocycles. The number of benzene rings is 1. The van der Waals surface area contributed by atoms with Gasteiger partial charge < -0.3 is 9.63 Å². The van der Waals surface area contributed by atoms with E-state index >= 15 is 0 Å². The van der Waals surface area contributed by atoms with Gasteiger partial charge in [0.2, 0.25) is 0 Å². The Morgan fingerprint density at radius 1 is 1.26 bits per heavy atom. The van der Waals surface area contributed by atoms with Crippen molar-refractivity contribution in [1.82, 2.24) is 10.1 Å². The summed E-state index contributed by atoms with van der Waals surface area (Å²) >= 11 is 0. The Labute approximate surface area is 138 Å². The van der Waals surface area contributed by atoms with Crippen LogP contribution in [0.2, 0.25) is 0 Å². The molecule has 124 valence electrons. The quantitative estimate of drug-likeness (QED) is 0.889. The number of aliphatic hydroxyl groups excluding tert-OH is 1. The van der Waals surface area contributed by atoms with Gasteiger partial charge in [0.25, 0.3) is 0 Å². The van der Waals surface area contributed by atoms with Crippen LogP contribution < -0.4 is 0 Å². The highest BCUT2D eigenvalue weighted by atomic mass is 16.5. The molecular weight excluding hydrogens is 288 g/mol. The summed E-state index contributed by atoms with van der Waals surface area (Å²) in [5.41, 5.74) is 2.25. The second kappa shape index (κ2) is 7.75. The van der Waals surface area contributed by atoms with Crippen molar-refractivity contribution in [3.05, 3.63) is 53.4 Å². The standard InChI is InChI=1S/C19H26N2O2/c1-15-13-18(23-20-15)14-21-11-9-17(10-12-21)19(22)8-7-16-5-3-2-4-6-16/h2-6,13,17,19,22H,7-12,14H2,1H3/t19-/m1/s1. The maximum absolute atomic E-state index is 10.5. The summed E-state index contributed by atoms with van der Waals surface area (Å²) < 4.78 is 5.29. The normalized spacial score (nSPS) is 18.2. The molecule has 0 unspecified atom stereocenters. The first kappa shape index (κ1) is 16.2. The molecule has 3 rings (SSSR count). The molecule has 0 radical (unpaired) electrons. The summed E-state index contributed by atoms with van der Waals surface area (Å²) in [5, 5.41) is 14.4. The molecule has 0 amide bonds. The van der Waals surface area contributed by atoms with E-state index in [0.717, 1.165) is 56.8 Å². The lowest BCUT2D eigenvalue weighted by molar-refractivity contribution is 0.0497. The van der Waals surface area contributed by atoms with Crippen molar-refractivity contribution in [2.24, 2.45) is 5.92 Å². The molecule has 1 aliphatic heterocycles. The number of hydrogen-bond donors (Lipinski definition) is 1. The molecule has 0 spiro atoms. The van der Waals surface area contributed by atoms with Gasteiger partial charge >= 0.3 is 0 Å². The topological polar surface area (TPSA) is 49.5 Å². The molecule has 2 heterocycles. The third kappa shape index (κ3) is 4.66. The molecule has 0 bridgehead atoms. The van der Waals surface area contributed by atoms with Crippen LogP contribution in [-0.4, -0.2) is 34.4 Å². The van der Waals surface area contributed by atoms with Crippen LogP contribution in [0.4, 0.5) is 0 Å². The number of aromatic nitrogens is 1. The van der Waals surface area contributed by atoms with Crippen LogP contribution in [0.5, 0.6) is 0 Å². The molecule has 0 aliphatic carbocycles. The third-order valence-electron chi connectivity index (χ3n) is 4.80. The van der Waals surface area contributed by atoms with Crippen LogP contribution in [0.15, 0.2) is 40.9 Å². The van der Waals surface area contributed by atoms with Crippen molar-refractivity contribution in [2.45, 2.75) is 45.3 Å². The predicted octanol–water partition coefficient (Wildman–Crippen LogP) is 3.19. The van der Waals surface area contributed by atoms with E-state index in [9.17, 15) is 5.11 Å². The summed E-state index contributed by atoms with van der Waals surface area (Å²) in [4.78, 5) is 2.39. The number of hydrogen-bond acceptors (Lipinski definition) is 4.